The van der Waals surface area contributed by atoms with Gasteiger partial charge in [-0.2, -0.15) is 24.4 Å². The third-order valence-electron chi connectivity index (χ3n) is 1.53. The fraction of sp³-hybridized carbons (Fsp3) is 0.750. The number of aliphatic carboxylic acids is 1. The summed E-state index contributed by atoms with van der Waals surface area (Å²) in [5, 5.41) is 8.70. The van der Waals surface area contributed by atoms with Crippen LogP contribution in [0.5, 0.6) is 0 Å². The Labute approximate surface area is 115 Å². The van der Waals surface area contributed by atoms with Crippen LogP contribution in [0.25, 0.3) is 0 Å². The maximum absolute atomic E-state index is 11.2. The van der Waals surface area contributed by atoms with Crippen molar-refractivity contribution in [2.24, 2.45) is 5.92 Å². The highest BCUT2D eigenvalue weighted by Gasteiger charge is 2.23. The van der Waals surface area contributed by atoms with Gasteiger partial charge in [0.2, 0.25) is 6.10 Å². The topological polar surface area (TPSA) is 63.6 Å². The third-order valence-corrected chi connectivity index (χ3v) is 2.71. The molecule has 0 aromatic carbocycles. The molecule has 0 aliphatic rings. The predicted octanol–water partition coefficient (Wildman–Crippen LogP) is -0.00450. The second-order valence-electron chi connectivity index (χ2n) is 2.80. The van der Waals surface area contributed by atoms with E-state index in [2.05, 4.69) is 12.6 Å². The summed E-state index contributed by atoms with van der Waals surface area (Å²) < 4.78 is 4.80. The summed E-state index contributed by atoms with van der Waals surface area (Å²) in [5.74, 6) is -1.38. The van der Waals surface area contributed by atoms with Crippen molar-refractivity contribution < 1.29 is 19.4 Å². The molecule has 0 aliphatic carbocycles. The van der Waals surface area contributed by atoms with Gasteiger partial charge < -0.3 is 9.84 Å². The molecule has 2 atom stereocenters. The van der Waals surface area contributed by atoms with E-state index < -0.39 is 18.0 Å². The molecule has 0 saturated heterocycles. The van der Waals surface area contributed by atoms with Crippen LogP contribution in [0.3, 0.4) is 0 Å². The summed E-state index contributed by atoms with van der Waals surface area (Å²) in [7, 11) is 0. The standard InChI is InChI=1S/C8H14O4S2.Mg.2H/c1-5(3-13)8(11)12-6(4-14-2)7(9)10;;;/h5-6,13H,3-4H2,1-2H3,(H,9,10);;;/t5-,6?;;;/m0.../s1. The average molecular weight is 265 g/mol. The van der Waals surface area contributed by atoms with Gasteiger partial charge in [-0.25, -0.2) is 4.79 Å². The van der Waals surface area contributed by atoms with Gasteiger partial charge in [0.1, 0.15) is 0 Å². The Hall–Kier alpha value is 0.406. The highest BCUT2D eigenvalue weighted by Crippen LogP contribution is 2.07. The van der Waals surface area contributed by atoms with Crippen molar-refractivity contribution >= 4 is 59.4 Å². The zero-order valence-electron chi connectivity index (χ0n) is 8.10. The van der Waals surface area contributed by atoms with E-state index in [1.54, 1.807) is 13.2 Å². The fourth-order valence-electron chi connectivity index (χ4n) is 0.638. The van der Waals surface area contributed by atoms with Crippen LogP contribution >= 0.6 is 24.4 Å². The zero-order chi connectivity index (χ0) is 11.1. The van der Waals surface area contributed by atoms with Gasteiger partial charge >= 0.3 is 35.0 Å². The van der Waals surface area contributed by atoms with Crippen molar-refractivity contribution in [3.8, 4) is 0 Å². The Bertz CT molecular complexity index is 213. The molecule has 1 N–H and O–H groups in total. The van der Waals surface area contributed by atoms with Gasteiger partial charge in [-0.3, -0.25) is 4.79 Å². The number of carboxylic acids is 1. The normalized spacial score (nSPS) is 13.5. The molecular weight excluding hydrogens is 249 g/mol. The zero-order valence-corrected chi connectivity index (χ0v) is 9.81. The lowest BCUT2D eigenvalue weighted by Crippen LogP contribution is -2.31. The molecule has 0 heterocycles. The molecule has 0 aromatic rings. The Balaban J connectivity index is 0. The second kappa shape index (κ2) is 9.62. The smallest absolute Gasteiger partial charge is 0.345 e. The second-order valence-corrected chi connectivity index (χ2v) is 4.08. The van der Waals surface area contributed by atoms with Crippen LogP contribution in [0, 0.1) is 5.92 Å². The van der Waals surface area contributed by atoms with E-state index in [0.29, 0.717) is 5.75 Å². The van der Waals surface area contributed by atoms with Crippen LogP contribution in [-0.2, 0) is 14.3 Å². The number of hydrogen-bond donors (Lipinski definition) is 2. The minimum absolute atomic E-state index is 0. The van der Waals surface area contributed by atoms with Crippen molar-refractivity contribution in [1.82, 2.24) is 0 Å². The van der Waals surface area contributed by atoms with E-state index in [1.807, 2.05) is 0 Å². The van der Waals surface area contributed by atoms with Gasteiger partial charge in [0.05, 0.1) is 5.92 Å². The van der Waals surface area contributed by atoms with E-state index in [9.17, 15) is 9.59 Å². The Morgan fingerprint density at radius 3 is 2.40 bits per heavy atom. The lowest BCUT2D eigenvalue weighted by Gasteiger charge is -2.14. The number of carbonyl (C=O) groups excluding carboxylic acids is 1. The fourth-order valence-corrected chi connectivity index (χ4v) is 1.30. The SMILES string of the molecule is CSCC(OC(=O)[C@@H](C)CS)C(=O)O.[MgH2]. The van der Waals surface area contributed by atoms with Gasteiger partial charge in [-0.1, -0.05) is 6.92 Å². The van der Waals surface area contributed by atoms with Gasteiger partial charge in [-0.05, 0) is 6.26 Å². The Kier molecular flexibility index (Phi) is 11.4. The number of carboxylic acid groups (broad SMARTS) is 1. The molecule has 0 saturated carbocycles. The number of hydrogen-bond acceptors (Lipinski definition) is 5. The number of rotatable bonds is 6. The first-order chi connectivity index (χ1) is 6.52. The molecule has 0 rings (SSSR count). The molecule has 0 spiro atoms. The van der Waals surface area contributed by atoms with E-state index in [1.165, 1.54) is 11.8 Å². The Morgan fingerprint density at radius 1 is 1.53 bits per heavy atom. The predicted molar refractivity (Wildman–Crippen MR) is 67.5 cm³/mol. The highest BCUT2D eigenvalue weighted by atomic mass is 32.2. The molecule has 15 heavy (non-hydrogen) atoms. The van der Waals surface area contributed by atoms with E-state index >= 15 is 0 Å². The summed E-state index contributed by atoms with van der Waals surface area (Å²) in [6.07, 6.45) is 0.700. The lowest BCUT2D eigenvalue weighted by molar-refractivity contribution is -0.164. The number of esters is 1. The van der Waals surface area contributed by atoms with Crippen LogP contribution in [0.1, 0.15) is 6.92 Å². The first kappa shape index (κ1) is 17.8. The molecule has 0 amide bonds. The van der Waals surface area contributed by atoms with E-state index in [-0.39, 0.29) is 34.7 Å². The first-order valence-corrected chi connectivity index (χ1v) is 6.08. The van der Waals surface area contributed by atoms with Gasteiger partial charge in [-0.15, -0.1) is 0 Å². The number of carbonyl (C=O) groups is 2. The minimum atomic E-state index is -1.11. The molecule has 0 aromatic heterocycles. The van der Waals surface area contributed by atoms with Crippen LogP contribution in [0.4, 0.5) is 0 Å². The minimum Gasteiger partial charge on any atom is -0.478 e. The van der Waals surface area contributed by atoms with Crippen molar-refractivity contribution in [1.29, 1.82) is 0 Å². The van der Waals surface area contributed by atoms with Crippen molar-refractivity contribution in [2.45, 2.75) is 13.0 Å². The summed E-state index contributed by atoms with van der Waals surface area (Å²) in [6.45, 7) is 1.65. The largest absolute Gasteiger partial charge is 0.478 e. The monoisotopic (exact) mass is 264 g/mol. The highest BCUT2D eigenvalue weighted by molar-refractivity contribution is 7.98. The lowest BCUT2D eigenvalue weighted by atomic mass is 10.2. The third kappa shape index (κ3) is 7.32. The maximum atomic E-state index is 11.2. The molecule has 0 aliphatic heterocycles. The van der Waals surface area contributed by atoms with Crippen LogP contribution in [0.15, 0.2) is 0 Å². The van der Waals surface area contributed by atoms with E-state index in [0.717, 1.165) is 0 Å². The maximum Gasteiger partial charge on any atom is 0.345 e. The van der Waals surface area contributed by atoms with E-state index in [4.69, 9.17) is 9.84 Å². The quantitative estimate of drug-likeness (QED) is 0.402. The average Bonchev–Trinajstić information content (AvgIpc) is 2.15. The molecule has 7 heteroatoms. The summed E-state index contributed by atoms with van der Waals surface area (Å²) in [6, 6.07) is 0. The van der Waals surface area contributed by atoms with Gasteiger partial charge in [0.15, 0.2) is 0 Å². The molecule has 0 radical (unpaired) electrons. The van der Waals surface area contributed by atoms with Crippen molar-refractivity contribution in [2.75, 3.05) is 17.8 Å². The summed E-state index contributed by atoms with van der Waals surface area (Å²) >= 11 is 5.25. The van der Waals surface area contributed by atoms with Crippen molar-refractivity contribution in [3.63, 3.8) is 0 Å². The number of thioether (sulfide) groups is 1. The molecular formula is C8H16MgO4S2. The summed E-state index contributed by atoms with van der Waals surface area (Å²) in [4.78, 5) is 21.8. The summed E-state index contributed by atoms with van der Waals surface area (Å²) in [5.41, 5.74) is 0. The first-order valence-electron chi connectivity index (χ1n) is 4.06. The molecule has 86 valence electrons. The Morgan fingerprint density at radius 2 is 2.07 bits per heavy atom. The van der Waals surface area contributed by atoms with Gasteiger partial charge in [0, 0.05) is 11.5 Å². The van der Waals surface area contributed by atoms with Gasteiger partial charge in [0.25, 0.3) is 0 Å². The molecule has 0 fully saturated rings. The number of ether oxygens (including phenoxy) is 1. The van der Waals surface area contributed by atoms with Crippen LogP contribution in [-0.4, -0.2) is 64.0 Å². The van der Waals surface area contributed by atoms with Crippen LogP contribution < -0.4 is 0 Å². The number of thiol groups is 1. The van der Waals surface area contributed by atoms with Crippen LogP contribution in [0.2, 0.25) is 0 Å². The molecule has 1 unspecified atom stereocenters. The van der Waals surface area contributed by atoms with Crippen molar-refractivity contribution in [3.05, 3.63) is 0 Å². The molecule has 0 bridgehead atoms. The molecule has 4 nitrogen and oxygen atoms in total.